The predicted octanol–water partition coefficient (Wildman–Crippen LogP) is 1.91. The van der Waals surface area contributed by atoms with Gasteiger partial charge in [-0.2, -0.15) is 0 Å². The third kappa shape index (κ3) is 15.7. The molecule has 3 nitrogen and oxygen atoms in total. The van der Waals surface area contributed by atoms with Gasteiger partial charge in [-0.05, 0) is 6.42 Å². The second-order valence-electron chi connectivity index (χ2n) is 1.52. The lowest BCUT2D eigenvalue weighted by Gasteiger charge is -1.95. The van der Waals surface area contributed by atoms with Crippen LogP contribution in [0.2, 0.25) is 0 Å². The maximum Gasteiger partial charge on any atom is 0.404 e. The molecule has 3 heteroatoms. The number of rotatable bonds is 3. The standard InChI is InChI=1S/C5H11NO2.C2H6/c1-2-3-4-8-5(6)7;1-2/h2-4H2,1H3,(H2,6,7);1-2H3. The van der Waals surface area contributed by atoms with Crippen LogP contribution in [0.3, 0.4) is 0 Å². The number of unbranched alkanes of at least 4 members (excludes halogenated alkanes) is 1. The predicted molar refractivity (Wildman–Crippen MR) is 41.8 cm³/mol. The van der Waals surface area contributed by atoms with Crippen LogP contribution in [-0.4, -0.2) is 12.7 Å². The van der Waals surface area contributed by atoms with E-state index in [9.17, 15) is 4.79 Å². The molecule has 0 aromatic rings. The van der Waals surface area contributed by atoms with Crippen LogP contribution in [0.15, 0.2) is 0 Å². The molecule has 0 aromatic carbocycles. The van der Waals surface area contributed by atoms with E-state index < -0.39 is 6.09 Å². The molecule has 1 amide bonds. The minimum atomic E-state index is -0.682. The van der Waals surface area contributed by atoms with E-state index in [-0.39, 0.29) is 0 Å². The van der Waals surface area contributed by atoms with Crippen molar-refractivity contribution >= 4 is 6.09 Å². The van der Waals surface area contributed by atoms with Gasteiger partial charge in [0.15, 0.2) is 0 Å². The molecule has 0 atom stereocenters. The Kier molecular flexibility index (Phi) is 13.3. The first-order chi connectivity index (χ1) is 4.77. The molecule has 0 heterocycles. The van der Waals surface area contributed by atoms with Crippen molar-refractivity contribution in [3.8, 4) is 0 Å². The zero-order chi connectivity index (χ0) is 8.41. The highest BCUT2D eigenvalue weighted by molar-refractivity contribution is 5.64. The third-order valence-corrected chi connectivity index (χ3v) is 0.742. The second-order valence-corrected chi connectivity index (χ2v) is 1.52. The Bertz CT molecular complexity index is 74.0. The highest BCUT2D eigenvalue weighted by atomic mass is 16.5. The molecule has 0 aliphatic heterocycles. The van der Waals surface area contributed by atoms with E-state index >= 15 is 0 Å². The monoisotopic (exact) mass is 147 g/mol. The molecule has 0 saturated carbocycles. The Morgan fingerprint density at radius 1 is 1.50 bits per heavy atom. The number of carbonyl (C=O) groups excluding carboxylic acids is 1. The fraction of sp³-hybridized carbons (Fsp3) is 0.857. The van der Waals surface area contributed by atoms with E-state index in [0.29, 0.717) is 6.61 Å². The molecule has 2 N–H and O–H groups in total. The van der Waals surface area contributed by atoms with Crippen LogP contribution in [0.1, 0.15) is 33.6 Å². The highest BCUT2D eigenvalue weighted by Gasteiger charge is 1.88. The van der Waals surface area contributed by atoms with E-state index in [2.05, 4.69) is 10.5 Å². The molecule has 10 heavy (non-hydrogen) atoms. The van der Waals surface area contributed by atoms with Crippen LogP contribution >= 0.6 is 0 Å². The lowest BCUT2D eigenvalue weighted by molar-refractivity contribution is 0.155. The molecule has 0 aliphatic carbocycles. The maximum absolute atomic E-state index is 9.87. The molecule has 62 valence electrons. The largest absolute Gasteiger partial charge is 0.450 e. The van der Waals surface area contributed by atoms with Crippen LogP contribution in [0, 0.1) is 0 Å². The lowest BCUT2D eigenvalue weighted by Crippen LogP contribution is -2.13. The van der Waals surface area contributed by atoms with Crippen molar-refractivity contribution < 1.29 is 9.53 Å². The molecule has 0 aliphatic rings. The van der Waals surface area contributed by atoms with Gasteiger partial charge in [-0.15, -0.1) is 0 Å². The van der Waals surface area contributed by atoms with Crippen molar-refractivity contribution in [2.75, 3.05) is 6.61 Å². The summed E-state index contributed by atoms with van der Waals surface area (Å²) < 4.78 is 4.42. The summed E-state index contributed by atoms with van der Waals surface area (Å²) in [6.45, 7) is 6.47. The van der Waals surface area contributed by atoms with Crippen LogP contribution < -0.4 is 5.73 Å². The van der Waals surface area contributed by atoms with Crippen molar-refractivity contribution in [3.05, 3.63) is 0 Å². The average Bonchev–Trinajstić information content (AvgIpc) is 1.92. The highest BCUT2D eigenvalue weighted by Crippen LogP contribution is 1.85. The van der Waals surface area contributed by atoms with E-state index in [4.69, 9.17) is 0 Å². The summed E-state index contributed by atoms with van der Waals surface area (Å²) in [6, 6.07) is 0. The Labute approximate surface area is 62.5 Å². The number of hydrogen-bond acceptors (Lipinski definition) is 2. The number of hydrogen-bond donors (Lipinski definition) is 1. The fourth-order valence-electron chi connectivity index (χ4n) is 0.317. The van der Waals surface area contributed by atoms with Crippen molar-refractivity contribution in [1.29, 1.82) is 0 Å². The average molecular weight is 147 g/mol. The van der Waals surface area contributed by atoms with Gasteiger partial charge in [-0.25, -0.2) is 4.79 Å². The topological polar surface area (TPSA) is 52.3 Å². The smallest absolute Gasteiger partial charge is 0.404 e. The lowest BCUT2D eigenvalue weighted by atomic mass is 10.4. The van der Waals surface area contributed by atoms with Gasteiger partial charge in [0.2, 0.25) is 0 Å². The first kappa shape index (κ1) is 12.0. The van der Waals surface area contributed by atoms with E-state index in [1.807, 2.05) is 20.8 Å². The number of primary amides is 1. The van der Waals surface area contributed by atoms with Gasteiger partial charge in [0, 0.05) is 0 Å². The quantitative estimate of drug-likeness (QED) is 0.620. The number of amides is 1. The molecule has 0 aromatic heterocycles. The van der Waals surface area contributed by atoms with E-state index in [0.717, 1.165) is 12.8 Å². The van der Waals surface area contributed by atoms with E-state index in [1.165, 1.54) is 0 Å². The zero-order valence-corrected chi connectivity index (χ0v) is 7.02. The Hall–Kier alpha value is -0.730. The van der Waals surface area contributed by atoms with Gasteiger partial charge in [0.25, 0.3) is 0 Å². The summed E-state index contributed by atoms with van der Waals surface area (Å²) in [5.41, 5.74) is 4.67. The number of carbonyl (C=O) groups is 1. The Morgan fingerprint density at radius 2 is 2.00 bits per heavy atom. The van der Waals surface area contributed by atoms with Gasteiger partial charge in [0.05, 0.1) is 6.61 Å². The molecular weight excluding hydrogens is 130 g/mol. The Morgan fingerprint density at radius 3 is 2.30 bits per heavy atom. The van der Waals surface area contributed by atoms with Crippen molar-refractivity contribution in [2.45, 2.75) is 33.6 Å². The molecule has 0 saturated heterocycles. The van der Waals surface area contributed by atoms with Crippen molar-refractivity contribution in [2.24, 2.45) is 5.73 Å². The Balaban J connectivity index is 0. The van der Waals surface area contributed by atoms with Gasteiger partial charge >= 0.3 is 6.09 Å². The maximum atomic E-state index is 9.87. The van der Waals surface area contributed by atoms with E-state index in [1.54, 1.807) is 0 Å². The van der Waals surface area contributed by atoms with Crippen molar-refractivity contribution in [1.82, 2.24) is 0 Å². The van der Waals surface area contributed by atoms with Crippen molar-refractivity contribution in [3.63, 3.8) is 0 Å². The first-order valence-electron chi connectivity index (χ1n) is 3.69. The van der Waals surface area contributed by atoms with Crippen LogP contribution in [-0.2, 0) is 4.74 Å². The molecular formula is C7H17NO2. The first-order valence-corrected chi connectivity index (χ1v) is 3.69. The second kappa shape index (κ2) is 11.1. The molecule has 0 bridgehead atoms. The SMILES string of the molecule is CC.CCCCOC(N)=O. The summed E-state index contributed by atoms with van der Waals surface area (Å²) in [5, 5.41) is 0. The van der Waals surface area contributed by atoms with Gasteiger partial charge in [-0.3, -0.25) is 0 Å². The summed E-state index contributed by atoms with van der Waals surface area (Å²) in [7, 11) is 0. The summed E-state index contributed by atoms with van der Waals surface area (Å²) in [6.07, 6.45) is 1.23. The molecule has 0 rings (SSSR count). The number of ether oxygens (including phenoxy) is 1. The van der Waals surface area contributed by atoms with Crippen LogP contribution in [0.25, 0.3) is 0 Å². The summed E-state index contributed by atoms with van der Waals surface area (Å²) >= 11 is 0. The van der Waals surface area contributed by atoms with Crippen LogP contribution in [0.4, 0.5) is 4.79 Å². The van der Waals surface area contributed by atoms with Gasteiger partial charge in [0.1, 0.15) is 0 Å². The fourth-order valence-corrected chi connectivity index (χ4v) is 0.317. The summed E-state index contributed by atoms with van der Waals surface area (Å²) in [5.74, 6) is 0. The number of nitrogens with two attached hydrogens (primary N) is 1. The van der Waals surface area contributed by atoms with Gasteiger partial charge < -0.3 is 10.5 Å². The van der Waals surface area contributed by atoms with Gasteiger partial charge in [-0.1, -0.05) is 27.2 Å². The van der Waals surface area contributed by atoms with Crippen LogP contribution in [0.5, 0.6) is 0 Å². The normalized spacial score (nSPS) is 7.50. The molecule has 0 radical (unpaired) electrons. The third-order valence-electron chi connectivity index (χ3n) is 0.742. The molecule has 0 fully saturated rings. The summed E-state index contributed by atoms with van der Waals surface area (Å²) in [4.78, 5) is 9.87. The zero-order valence-electron chi connectivity index (χ0n) is 7.02. The molecule has 0 spiro atoms. The minimum absolute atomic E-state index is 0.450. The minimum Gasteiger partial charge on any atom is -0.450 e. The molecule has 0 unspecified atom stereocenters.